The maximum atomic E-state index is 4.11. The van der Waals surface area contributed by atoms with Crippen LogP contribution in [-0.2, 0) is 5.54 Å². The average Bonchev–Trinajstić information content (AvgIpc) is 4.00. The predicted molar refractivity (Wildman–Crippen MR) is 269 cm³/mol. The van der Waals surface area contributed by atoms with E-state index in [4.69, 9.17) is 0 Å². The fraction of sp³-hybridized carbons (Fsp3) is 0.0333. The van der Waals surface area contributed by atoms with Crippen LogP contribution >= 0.6 is 0 Å². The van der Waals surface area contributed by atoms with Crippen molar-refractivity contribution in [3.05, 3.63) is 247 Å². The molecule has 4 heteroatoms. The number of benzene rings is 9. The summed E-state index contributed by atoms with van der Waals surface area (Å²) >= 11 is 0. The molecule has 1 unspecified atom stereocenters. The molecule has 64 heavy (non-hydrogen) atoms. The van der Waals surface area contributed by atoms with E-state index in [0.717, 1.165) is 39.5 Å². The van der Waals surface area contributed by atoms with Crippen molar-refractivity contribution >= 4 is 76.7 Å². The summed E-state index contributed by atoms with van der Waals surface area (Å²) in [5.74, 6) is 0. The van der Waals surface area contributed by atoms with Crippen LogP contribution in [0.4, 0.5) is 0 Å². The molecule has 4 nitrogen and oxygen atoms in total. The normalized spacial score (nSPS) is 15.3. The largest absolute Gasteiger partial charge is 0.372 e. The molecule has 0 bridgehead atoms. The summed E-state index contributed by atoms with van der Waals surface area (Å²) in [6.07, 6.45) is 4.76. The molecule has 1 N–H and O–H groups in total. The lowest BCUT2D eigenvalue weighted by Crippen LogP contribution is -2.38. The molecule has 302 valence electrons. The standard InChI is InChI=1S/C60H42N4/c1-60(43-19-16-22-46(38-43)64-58-33-12-6-27-51(58)52-28-7-13-34-59(52)64)39-42(40-17-14-20-44(35-40)62-54-29-8-2-23-47(54)48-24-3-9-30-55(48)62)37-53(61-60)41-18-15-21-45(36-41)63-56-31-10-4-25-49(56)50-26-5-11-32-57(50)63/h2-39,61H,1H3. The lowest BCUT2D eigenvalue weighted by molar-refractivity contribution is 0.538. The predicted octanol–water partition coefficient (Wildman–Crippen LogP) is 14.9. The van der Waals surface area contributed by atoms with Gasteiger partial charge in [-0.1, -0.05) is 146 Å². The van der Waals surface area contributed by atoms with Gasteiger partial charge in [0, 0.05) is 55.1 Å². The van der Waals surface area contributed by atoms with Gasteiger partial charge in [0.2, 0.25) is 0 Å². The molecule has 0 radical (unpaired) electrons. The van der Waals surface area contributed by atoms with Gasteiger partial charge in [0.1, 0.15) is 0 Å². The maximum Gasteiger partial charge on any atom is 0.0791 e. The van der Waals surface area contributed by atoms with Crippen LogP contribution in [0.15, 0.2) is 231 Å². The lowest BCUT2D eigenvalue weighted by Gasteiger charge is -2.35. The third-order valence-corrected chi connectivity index (χ3v) is 13.4. The first-order valence-electron chi connectivity index (χ1n) is 22.1. The first kappa shape index (κ1) is 36.3. The molecule has 1 aliphatic heterocycles. The summed E-state index contributed by atoms with van der Waals surface area (Å²) < 4.78 is 7.22. The van der Waals surface area contributed by atoms with E-state index in [0.29, 0.717) is 0 Å². The molecule has 0 saturated heterocycles. The fourth-order valence-corrected chi connectivity index (χ4v) is 10.5. The molecule has 0 spiro atoms. The van der Waals surface area contributed by atoms with Gasteiger partial charge in [-0.25, -0.2) is 0 Å². The van der Waals surface area contributed by atoms with Crippen LogP contribution in [0.1, 0.15) is 23.6 Å². The van der Waals surface area contributed by atoms with E-state index in [1.54, 1.807) is 0 Å². The highest BCUT2D eigenvalue weighted by molar-refractivity contribution is 6.11. The number of rotatable bonds is 6. The van der Waals surface area contributed by atoms with Crippen molar-refractivity contribution in [1.29, 1.82) is 0 Å². The zero-order valence-corrected chi connectivity index (χ0v) is 35.3. The third-order valence-electron chi connectivity index (χ3n) is 13.4. The zero-order valence-electron chi connectivity index (χ0n) is 35.3. The molecule has 9 aromatic carbocycles. The fourth-order valence-electron chi connectivity index (χ4n) is 10.5. The minimum Gasteiger partial charge on any atom is -0.372 e. The molecule has 4 heterocycles. The van der Waals surface area contributed by atoms with Crippen molar-refractivity contribution in [3.8, 4) is 17.1 Å². The number of para-hydroxylation sites is 6. The Morgan fingerprint density at radius 2 is 0.688 bits per heavy atom. The van der Waals surface area contributed by atoms with Gasteiger partial charge < -0.3 is 19.0 Å². The summed E-state index contributed by atoms with van der Waals surface area (Å²) in [5.41, 5.74) is 15.6. The van der Waals surface area contributed by atoms with Crippen molar-refractivity contribution in [2.75, 3.05) is 0 Å². The zero-order chi connectivity index (χ0) is 42.4. The van der Waals surface area contributed by atoms with E-state index >= 15 is 0 Å². The number of hydrogen-bond acceptors (Lipinski definition) is 1. The minimum atomic E-state index is -0.583. The summed E-state index contributed by atoms with van der Waals surface area (Å²) in [5, 5.41) is 11.6. The highest BCUT2D eigenvalue weighted by Gasteiger charge is 2.31. The first-order valence-corrected chi connectivity index (χ1v) is 22.1. The summed E-state index contributed by atoms with van der Waals surface area (Å²) in [6, 6.07) is 79.5. The molecular formula is C60H42N4. The van der Waals surface area contributed by atoms with Crippen LogP contribution in [0.5, 0.6) is 0 Å². The second-order valence-electron chi connectivity index (χ2n) is 17.2. The van der Waals surface area contributed by atoms with E-state index in [1.165, 1.54) is 71.0 Å². The molecule has 3 aromatic heterocycles. The SMILES string of the molecule is CC1(c2cccc(-n3c4ccccc4c4ccccc43)c2)C=C(c2cccc(-n3c4ccccc4c4ccccc43)c2)C=C(c2cccc(-n3c4ccccc4c4ccccc43)c2)N1. The van der Waals surface area contributed by atoms with E-state index < -0.39 is 5.54 Å². The molecule has 0 aliphatic carbocycles. The first-order chi connectivity index (χ1) is 31.6. The van der Waals surface area contributed by atoms with Gasteiger partial charge in [0.15, 0.2) is 0 Å². The second kappa shape index (κ2) is 14.1. The Balaban J connectivity index is 0.996. The molecule has 1 atom stereocenters. The molecule has 0 amide bonds. The van der Waals surface area contributed by atoms with Crippen molar-refractivity contribution in [2.45, 2.75) is 12.5 Å². The average molecular weight is 819 g/mol. The molecular weight excluding hydrogens is 777 g/mol. The monoisotopic (exact) mass is 818 g/mol. The summed E-state index contributed by atoms with van der Waals surface area (Å²) in [6.45, 7) is 2.32. The quantitative estimate of drug-likeness (QED) is 0.178. The Hall–Kier alpha value is -8.34. The topological polar surface area (TPSA) is 26.8 Å². The van der Waals surface area contributed by atoms with Gasteiger partial charge in [-0.2, -0.15) is 0 Å². The number of hydrogen-bond donors (Lipinski definition) is 1. The van der Waals surface area contributed by atoms with E-state index in [-0.39, 0.29) is 0 Å². The molecule has 0 fully saturated rings. The Kier molecular flexibility index (Phi) is 8.00. The Labute approximate surface area is 370 Å². The molecule has 0 saturated carbocycles. The third kappa shape index (κ3) is 5.56. The number of allylic oxidation sites excluding steroid dienone is 2. The van der Waals surface area contributed by atoms with Crippen LogP contribution in [0, 0.1) is 0 Å². The van der Waals surface area contributed by atoms with Crippen LogP contribution in [0.2, 0.25) is 0 Å². The van der Waals surface area contributed by atoms with Crippen molar-refractivity contribution in [3.63, 3.8) is 0 Å². The van der Waals surface area contributed by atoms with Crippen molar-refractivity contribution in [2.24, 2.45) is 0 Å². The highest BCUT2D eigenvalue weighted by atomic mass is 15.0. The van der Waals surface area contributed by atoms with Gasteiger partial charge in [0.05, 0.1) is 38.6 Å². The number of nitrogens with zero attached hydrogens (tertiary/aromatic N) is 3. The molecule has 12 aromatic rings. The molecule has 13 rings (SSSR count). The van der Waals surface area contributed by atoms with E-state index in [9.17, 15) is 0 Å². The van der Waals surface area contributed by atoms with Gasteiger partial charge in [-0.15, -0.1) is 0 Å². The van der Waals surface area contributed by atoms with Gasteiger partial charge >= 0.3 is 0 Å². The van der Waals surface area contributed by atoms with Gasteiger partial charge in [0.25, 0.3) is 0 Å². The smallest absolute Gasteiger partial charge is 0.0791 e. The lowest BCUT2D eigenvalue weighted by atomic mass is 9.83. The summed E-state index contributed by atoms with van der Waals surface area (Å²) in [4.78, 5) is 0. The molecule has 1 aliphatic rings. The number of fused-ring (bicyclic) bond motifs is 9. The van der Waals surface area contributed by atoms with Crippen LogP contribution in [-0.4, -0.2) is 13.7 Å². The Morgan fingerprint density at radius 3 is 1.11 bits per heavy atom. The van der Waals surface area contributed by atoms with E-state index in [1.807, 2.05) is 0 Å². The van der Waals surface area contributed by atoms with Crippen LogP contribution in [0.3, 0.4) is 0 Å². The van der Waals surface area contributed by atoms with E-state index in [2.05, 4.69) is 256 Å². The van der Waals surface area contributed by atoms with Gasteiger partial charge in [-0.05, 0) is 114 Å². The summed E-state index contributed by atoms with van der Waals surface area (Å²) in [7, 11) is 0. The van der Waals surface area contributed by atoms with Crippen LogP contribution < -0.4 is 5.32 Å². The van der Waals surface area contributed by atoms with Crippen LogP contribution in [0.25, 0.3) is 93.7 Å². The van der Waals surface area contributed by atoms with Crippen molar-refractivity contribution in [1.82, 2.24) is 19.0 Å². The minimum absolute atomic E-state index is 0.583. The highest BCUT2D eigenvalue weighted by Crippen LogP contribution is 2.41. The van der Waals surface area contributed by atoms with Crippen molar-refractivity contribution < 1.29 is 0 Å². The second-order valence-corrected chi connectivity index (χ2v) is 17.2. The Morgan fingerprint density at radius 1 is 0.344 bits per heavy atom. The number of aromatic nitrogens is 3. The number of dihydropyridines is 1. The van der Waals surface area contributed by atoms with Gasteiger partial charge in [-0.3, -0.25) is 0 Å². The maximum absolute atomic E-state index is 4.11. The Bertz CT molecular complexity index is 3750. The number of nitrogens with one attached hydrogen (secondary N) is 1.